The molecule has 10 heteroatoms. The predicted molar refractivity (Wildman–Crippen MR) is 125 cm³/mol. The zero-order valence-corrected chi connectivity index (χ0v) is 19.0. The van der Waals surface area contributed by atoms with E-state index in [1.54, 1.807) is 16.6 Å². The summed E-state index contributed by atoms with van der Waals surface area (Å²) in [6.07, 6.45) is 0.445. The van der Waals surface area contributed by atoms with E-state index in [2.05, 4.69) is 15.3 Å². The van der Waals surface area contributed by atoms with Gasteiger partial charge < -0.3 is 20.2 Å². The molecule has 0 spiro atoms. The lowest BCUT2D eigenvalue weighted by atomic mass is 9.93. The first kappa shape index (κ1) is 22.6. The van der Waals surface area contributed by atoms with Crippen LogP contribution in [0, 0.1) is 12.4 Å². The van der Waals surface area contributed by atoms with E-state index in [4.69, 9.17) is 6.57 Å². The van der Waals surface area contributed by atoms with E-state index in [1.165, 1.54) is 17.0 Å². The van der Waals surface area contributed by atoms with Crippen LogP contribution >= 0.6 is 0 Å². The first-order valence-corrected chi connectivity index (χ1v) is 11.1. The van der Waals surface area contributed by atoms with Gasteiger partial charge in [0.15, 0.2) is 0 Å². The van der Waals surface area contributed by atoms with Gasteiger partial charge in [-0.05, 0) is 23.8 Å². The monoisotopic (exact) mass is 474 g/mol. The second-order valence-corrected chi connectivity index (χ2v) is 8.87. The standard InChI is InChI=1S/C25H23FN6O3/c1-27-21-12-17(8-9-19(21)26)28-24(34)31-11-10-20-18(13-31)22-23(33)30(2)14-25(35,15-32(22)29-20)16-6-4-3-5-7-16/h3-9,12,35H,10-11,13-15H2,2H3,(H,28,34). The first-order valence-electron chi connectivity index (χ1n) is 11.1. The van der Waals surface area contributed by atoms with E-state index in [0.717, 1.165) is 11.8 Å². The summed E-state index contributed by atoms with van der Waals surface area (Å²) in [7, 11) is 1.64. The number of benzene rings is 2. The molecule has 0 bridgehead atoms. The van der Waals surface area contributed by atoms with E-state index < -0.39 is 17.4 Å². The quantitative estimate of drug-likeness (QED) is 0.558. The number of nitrogens with zero attached hydrogens (tertiary/aromatic N) is 5. The van der Waals surface area contributed by atoms with Crippen molar-refractivity contribution in [2.45, 2.75) is 25.1 Å². The van der Waals surface area contributed by atoms with Gasteiger partial charge in [-0.3, -0.25) is 9.48 Å². The second kappa shape index (κ2) is 8.52. The van der Waals surface area contributed by atoms with E-state index in [1.807, 2.05) is 30.3 Å². The molecule has 1 atom stereocenters. The van der Waals surface area contributed by atoms with Gasteiger partial charge >= 0.3 is 6.03 Å². The van der Waals surface area contributed by atoms with Crippen LogP contribution < -0.4 is 5.32 Å². The Hall–Kier alpha value is -4.23. The maximum atomic E-state index is 13.6. The number of hydrogen-bond donors (Lipinski definition) is 2. The molecule has 178 valence electrons. The number of urea groups is 1. The van der Waals surface area contributed by atoms with Crippen molar-refractivity contribution < 1.29 is 19.1 Å². The van der Waals surface area contributed by atoms with Crippen molar-refractivity contribution in [1.29, 1.82) is 0 Å². The summed E-state index contributed by atoms with van der Waals surface area (Å²) in [6, 6.07) is 12.6. The molecule has 5 rings (SSSR count). The molecule has 9 nitrogen and oxygen atoms in total. The van der Waals surface area contributed by atoms with Crippen LogP contribution in [-0.4, -0.2) is 56.8 Å². The smallest absolute Gasteiger partial charge is 0.322 e. The van der Waals surface area contributed by atoms with Crippen molar-refractivity contribution in [3.8, 4) is 0 Å². The summed E-state index contributed by atoms with van der Waals surface area (Å²) < 4.78 is 15.2. The highest BCUT2D eigenvalue weighted by atomic mass is 19.1. The van der Waals surface area contributed by atoms with Gasteiger partial charge in [-0.15, -0.1) is 0 Å². The van der Waals surface area contributed by atoms with E-state index in [9.17, 15) is 19.1 Å². The summed E-state index contributed by atoms with van der Waals surface area (Å²) in [4.78, 5) is 32.4. The van der Waals surface area contributed by atoms with Gasteiger partial charge in [-0.25, -0.2) is 14.0 Å². The maximum Gasteiger partial charge on any atom is 0.322 e. The summed E-state index contributed by atoms with van der Waals surface area (Å²) in [5.74, 6) is -0.922. The zero-order valence-electron chi connectivity index (χ0n) is 19.0. The van der Waals surface area contributed by atoms with Crippen molar-refractivity contribution in [1.82, 2.24) is 19.6 Å². The number of anilines is 1. The number of rotatable bonds is 2. The molecular formula is C25H23FN6O3. The minimum Gasteiger partial charge on any atom is -0.381 e. The molecule has 0 aliphatic carbocycles. The number of carbonyl (C=O) groups is 2. The molecule has 3 heterocycles. The summed E-state index contributed by atoms with van der Waals surface area (Å²) >= 11 is 0. The summed E-state index contributed by atoms with van der Waals surface area (Å²) in [5.41, 5.74) is 1.26. The summed E-state index contributed by atoms with van der Waals surface area (Å²) in [6.45, 7) is 7.80. The number of hydrogen-bond acceptors (Lipinski definition) is 4. The molecule has 3 amide bonds. The number of nitrogens with one attached hydrogen (secondary N) is 1. The van der Waals surface area contributed by atoms with Crippen LogP contribution in [0.3, 0.4) is 0 Å². The Kier molecular flexibility index (Phi) is 5.49. The van der Waals surface area contributed by atoms with Crippen LogP contribution in [0.2, 0.25) is 0 Å². The molecule has 0 fully saturated rings. The molecule has 2 N–H and O–H groups in total. The highest BCUT2D eigenvalue weighted by Crippen LogP contribution is 2.32. The van der Waals surface area contributed by atoms with Gasteiger partial charge in [-0.2, -0.15) is 5.10 Å². The number of amides is 3. The normalized spacial score (nSPS) is 19.4. The molecular weight excluding hydrogens is 451 g/mol. The van der Waals surface area contributed by atoms with Crippen molar-refractivity contribution in [2.75, 3.05) is 25.5 Å². The number of carbonyl (C=O) groups excluding carboxylic acids is 2. The Labute approximate surface area is 201 Å². The van der Waals surface area contributed by atoms with Crippen molar-refractivity contribution in [3.63, 3.8) is 0 Å². The largest absolute Gasteiger partial charge is 0.381 e. The molecule has 0 saturated heterocycles. The molecule has 0 radical (unpaired) electrons. The molecule has 2 aliphatic rings. The summed E-state index contributed by atoms with van der Waals surface area (Å²) in [5, 5.41) is 18.8. The number of aromatic nitrogens is 2. The fourth-order valence-corrected chi connectivity index (χ4v) is 4.71. The molecule has 0 saturated carbocycles. The fourth-order valence-electron chi connectivity index (χ4n) is 4.71. The van der Waals surface area contributed by atoms with Crippen LogP contribution in [0.25, 0.3) is 4.85 Å². The lowest BCUT2D eigenvalue weighted by Gasteiger charge is -2.30. The Balaban J connectivity index is 1.42. The average Bonchev–Trinajstić information content (AvgIpc) is 3.17. The van der Waals surface area contributed by atoms with Crippen LogP contribution in [-0.2, 0) is 25.1 Å². The Morgan fingerprint density at radius 2 is 2.00 bits per heavy atom. The van der Waals surface area contributed by atoms with Crippen molar-refractivity contribution in [2.24, 2.45) is 0 Å². The lowest BCUT2D eigenvalue weighted by Crippen LogP contribution is -2.42. The van der Waals surface area contributed by atoms with Crippen LogP contribution in [0.15, 0.2) is 48.5 Å². The number of halogens is 1. The topological polar surface area (TPSA) is 95.1 Å². The number of fused-ring (bicyclic) bond motifs is 3. The highest BCUT2D eigenvalue weighted by Gasteiger charge is 2.41. The second-order valence-electron chi connectivity index (χ2n) is 8.87. The maximum absolute atomic E-state index is 13.6. The molecule has 2 aromatic carbocycles. The Morgan fingerprint density at radius 1 is 1.23 bits per heavy atom. The van der Waals surface area contributed by atoms with Gasteiger partial charge in [0.05, 0.1) is 31.9 Å². The molecule has 1 unspecified atom stereocenters. The Bertz CT molecular complexity index is 1370. The number of likely N-dealkylation sites (N-methyl/N-ethyl adjacent to an activating group) is 1. The van der Waals surface area contributed by atoms with Crippen LogP contribution in [0.1, 0.15) is 27.3 Å². The van der Waals surface area contributed by atoms with E-state index >= 15 is 0 Å². The van der Waals surface area contributed by atoms with Crippen molar-refractivity contribution in [3.05, 3.63) is 88.3 Å². The lowest BCUT2D eigenvalue weighted by molar-refractivity contribution is -0.00312. The number of aliphatic hydroxyl groups is 1. The minimum absolute atomic E-state index is 0.103. The molecule has 35 heavy (non-hydrogen) atoms. The third kappa shape index (κ3) is 4.00. The zero-order chi connectivity index (χ0) is 24.7. The third-order valence-electron chi connectivity index (χ3n) is 6.48. The molecule has 3 aromatic rings. The third-order valence-corrected chi connectivity index (χ3v) is 6.48. The van der Waals surface area contributed by atoms with E-state index in [-0.39, 0.29) is 31.2 Å². The molecule has 1 aromatic heterocycles. The molecule has 2 aliphatic heterocycles. The van der Waals surface area contributed by atoms with Crippen molar-refractivity contribution >= 4 is 23.3 Å². The van der Waals surface area contributed by atoms with Gasteiger partial charge in [0, 0.05) is 31.3 Å². The van der Waals surface area contributed by atoms with Gasteiger partial charge in [0.1, 0.15) is 17.1 Å². The predicted octanol–water partition coefficient (Wildman–Crippen LogP) is 3.14. The fraction of sp³-hybridized carbons (Fsp3) is 0.280. The Morgan fingerprint density at radius 3 is 2.74 bits per heavy atom. The average molecular weight is 474 g/mol. The van der Waals surface area contributed by atoms with Gasteiger partial charge in [0.2, 0.25) is 5.69 Å². The SMILES string of the molecule is [C-]#[N+]c1cc(NC(=O)N2CCc3nn4c(c3C2)C(=O)N(C)CC(O)(c2ccccc2)C4)ccc1F. The first-order chi connectivity index (χ1) is 16.8. The van der Waals surface area contributed by atoms with Crippen LogP contribution in [0.5, 0.6) is 0 Å². The van der Waals surface area contributed by atoms with Gasteiger partial charge in [-0.1, -0.05) is 30.3 Å². The van der Waals surface area contributed by atoms with Gasteiger partial charge in [0.25, 0.3) is 5.91 Å². The highest BCUT2D eigenvalue weighted by molar-refractivity contribution is 5.95. The number of β-amino-alcohol motifs (C(OH)–C–C–N with tert-alkyl or cyclic N) is 1. The minimum atomic E-state index is -1.31. The van der Waals surface area contributed by atoms with E-state index in [0.29, 0.717) is 35.5 Å². The van der Waals surface area contributed by atoms with Crippen LogP contribution in [0.4, 0.5) is 20.6 Å².